The Labute approximate surface area is 211 Å². The minimum Gasteiger partial charge on any atom is -0.497 e. The van der Waals surface area contributed by atoms with Crippen LogP contribution in [-0.4, -0.2) is 52.5 Å². The van der Waals surface area contributed by atoms with Gasteiger partial charge in [0.2, 0.25) is 11.8 Å². The number of amides is 2. The SMILES string of the molecule is COC(=O)c1ccc(Cl)c(NC(=O)CSc2nnc(CNC(=O)Cc3ccc(OC)cc3)n2C)c1. The van der Waals surface area contributed by atoms with Crippen molar-refractivity contribution in [2.24, 2.45) is 7.05 Å². The van der Waals surface area contributed by atoms with E-state index in [0.29, 0.717) is 21.7 Å². The third-order valence-corrected chi connectivity index (χ3v) is 6.24. The number of hydrogen-bond donors (Lipinski definition) is 2. The van der Waals surface area contributed by atoms with Gasteiger partial charge in [0.15, 0.2) is 11.0 Å². The van der Waals surface area contributed by atoms with Crippen molar-refractivity contribution < 1.29 is 23.9 Å². The maximum absolute atomic E-state index is 12.4. The molecular formula is C23H24ClN5O5S. The molecule has 0 bridgehead atoms. The summed E-state index contributed by atoms with van der Waals surface area (Å²) in [5.41, 5.74) is 1.44. The lowest BCUT2D eigenvalue weighted by Gasteiger charge is -2.09. The number of nitrogens with one attached hydrogen (secondary N) is 2. The molecule has 2 aromatic carbocycles. The van der Waals surface area contributed by atoms with Gasteiger partial charge >= 0.3 is 5.97 Å². The van der Waals surface area contributed by atoms with Gasteiger partial charge in [-0.3, -0.25) is 9.59 Å². The summed E-state index contributed by atoms with van der Waals surface area (Å²) < 4.78 is 11.5. The number of halogens is 1. The molecule has 0 aliphatic rings. The van der Waals surface area contributed by atoms with Gasteiger partial charge < -0.3 is 24.7 Å². The highest BCUT2D eigenvalue weighted by Gasteiger charge is 2.15. The van der Waals surface area contributed by atoms with Gasteiger partial charge in [-0.2, -0.15) is 0 Å². The zero-order valence-electron chi connectivity index (χ0n) is 19.3. The molecule has 0 fully saturated rings. The van der Waals surface area contributed by atoms with E-state index in [-0.39, 0.29) is 36.1 Å². The second-order valence-electron chi connectivity index (χ2n) is 7.28. The van der Waals surface area contributed by atoms with E-state index in [0.717, 1.165) is 11.3 Å². The Morgan fingerprint density at radius 3 is 2.49 bits per heavy atom. The minimum atomic E-state index is -0.533. The van der Waals surface area contributed by atoms with Crippen molar-refractivity contribution in [2.75, 3.05) is 25.3 Å². The van der Waals surface area contributed by atoms with Crippen molar-refractivity contribution in [3.63, 3.8) is 0 Å². The van der Waals surface area contributed by atoms with E-state index >= 15 is 0 Å². The Morgan fingerprint density at radius 1 is 1.06 bits per heavy atom. The highest BCUT2D eigenvalue weighted by molar-refractivity contribution is 7.99. The molecule has 0 aliphatic heterocycles. The first-order valence-corrected chi connectivity index (χ1v) is 11.8. The van der Waals surface area contributed by atoms with Crippen LogP contribution in [0.3, 0.4) is 0 Å². The van der Waals surface area contributed by atoms with Crippen molar-refractivity contribution in [3.05, 3.63) is 64.4 Å². The van der Waals surface area contributed by atoms with E-state index in [1.54, 1.807) is 30.9 Å². The van der Waals surface area contributed by atoms with E-state index in [2.05, 4.69) is 25.6 Å². The summed E-state index contributed by atoms with van der Waals surface area (Å²) in [7, 11) is 4.61. The maximum atomic E-state index is 12.4. The molecule has 3 rings (SSSR count). The number of hydrogen-bond acceptors (Lipinski definition) is 8. The monoisotopic (exact) mass is 517 g/mol. The second-order valence-corrected chi connectivity index (χ2v) is 8.63. The number of thioether (sulfide) groups is 1. The largest absolute Gasteiger partial charge is 0.497 e. The number of carbonyl (C=O) groups excluding carboxylic acids is 3. The van der Waals surface area contributed by atoms with Crippen LogP contribution in [0.15, 0.2) is 47.6 Å². The predicted octanol–water partition coefficient (Wildman–Crippen LogP) is 2.85. The first-order chi connectivity index (χ1) is 16.8. The summed E-state index contributed by atoms with van der Waals surface area (Å²) in [5.74, 6) is 0.284. The molecule has 12 heteroatoms. The van der Waals surface area contributed by atoms with Crippen LogP contribution < -0.4 is 15.4 Å². The van der Waals surface area contributed by atoms with Gasteiger partial charge in [-0.15, -0.1) is 10.2 Å². The number of methoxy groups -OCH3 is 2. The number of aromatic nitrogens is 3. The number of benzene rings is 2. The third kappa shape index (κ3) is 7.20. The number of ether oxygens (including phenoxy) is 2. The molecule has 0 saturated carbocycles. The predicted molar refractivity (Wildman–Crippen MR) is 132 cm³/mol. The lowest BCUT2D eigenvalue weighted by Crippen LogP contribution is -2.26. The van der Waals surface area contributed by atoms with Crippen LogP contribution in [0.5, 0.6) is 5.75 Å². The Bertz CT molecular complexity index is 1220. The molecule has 0 unspecified atom stereocenters. The molecule has 1 aromatic heterocycles. The van der Waals surface area contributed by atoms with Gasteiger partial charge in [0, 0.05) is 7.05 Å². The van der Waals surface area contributed by atoms with Gasteiger partial charge in [0.1, 0.15) is 5.75 Å². The van der Waals surface area contributed by atoms with E-state index in [4.69, 9.17) is 16.3 Å². The fourth-order valence-corrected chi connectivity index (χ4v) is 3.87. The molecule has 1 heterocycles. The summed E-state index contributed by atoms with van der Waals surface area (Å²) in [5, 5.41) is 14.5. The van der Waals surface area contributed by atoms with Crippen LogP contribution in [0.1, 0.15) is 21.7 Å². The quantitative estimate of drug-likeness (QED) is 0.311. The molecule has 0 radical (unpaired) electrons. The van der Waals surface area contributed by atoms with E-state index in [1.807, 2.05) is 12.1 Å². The number of anilines is 1. The third-order valence-electron chi connectivity index (χ3n) is 4.89. The molecule has 3 aromatic rings. The van der Waals surface area contributed by atoms with Crippen molar-refractivity contribution in [3.8, 4) is 5.75 Å². The molecule has 0 atom stereocenters. The molecule has 0 saturated heterocycles. The van der Waals surface area contributed by atoms with Gasteiger partial charge in [-0.05, 0) is 35.9 Å². The number of rotatable bonds is 10. The normalized spacial score (nSPS) is 10.5. The van der Waals surface area contributed by atoms with Crippen molar-refractivity contribution in [1.29, 1.82) is 0 Å². The molecule has 184 valence electrons. The Balaban J connectivity index is 1.50. The highest BCUT2D eigenvalue weighted by atomic mass is 35.5. The number of esters is 1. The van der Waals surface area contributed by atoms with E-state index in [9.17, 15) is 14.4 Å². The number of nitrogens with zero attached hydrogens (tertiary/aromatic N) is 3. The molecule has 2 N–H and O–H groups in total. The van der Waals surface area contributed by atoms with Crippen molar-refractivity contribution in [1.82, 2.24) is 20.1 Å². The Hall–Kier alpha value is -3.57. The van der Waals surface area contributed by atoms with Crippen LogP contribution in [0.4, 0.5) is 5.69 Å². The van der Waals surface area contributed by atoms with Gasteiger partial charge in [0.05, 0.1) is 49.2 Å². The Morgan fingerprint density at radius 2 is 1.80 bits per heavy atom. The Kier molecular flexibility index (Phi) is 9.10. The first-order valence-electron chi connectivity index (χ1n) is 10.4. The maximum Gasteiger partial charge on any atom is 0.337 e. The molecule has 2 amide bonds. The lowest BCUT2D eigenvalue weighted by molar-refractivity contribution is -0.120. The fourth-order valence-electron chi connectivity index (χ4n) is 2.98. The van der Waals surface area contributed by atoms with Gasteiger partial charge in [-0.25, -0.2) is 4.79 Å². The zero-order valence-corrected chi connectivity index (χ0v) is 20.9. The van der Waals surface area contributed by atoms with Crippen LogP contribution in [0, 0.1) is 0 Å². The smallest absolute Gasteiger partial charge is 0.337 e. The second kappa shape index (κ2) is 12.2. The lowest BCUT2D eigenvalue weighted by atomic mass is 10.1. The summed E-state index contributed by atoms with van der Waals surface area (Å²) >= 11 is 7.29. The average Bonchev–Trinajstić information content (AvgIpc) is 3.21. The van der Waals surface area contributed by atoms with Crippen molar-refractivity contribution in [2.45, 2.75) is 18.1 Å². The van der Waals surface area contributed by atoms with Gasteiger partial charge in [0.25, 0.3) is 0 Å². The fraction of sp³-hybridized carbons (Fsp3) is 0.261. The van der Waals surface area contributed by atoms with Gasteiger partial charge in [-0.1, -0.05) is 35.5 Å². The average molecular weight is 518 g/mol. The molecule has 35 heavy (non-hydrogen) atoms. The first kappa shape index (κ1) is 26.0. The molecule has 0 spiro atoms. The van der Waals surface area contributed by atoms with E-state index < -0.39 is 5.97 Å². The standard InChI is InChI=1S/C23H24ClN5O5S/c1-29-19(12-25-20(30)10-14-4-7-16(33-2)8-5-14)27-28-23(29)35-13-21(31)26-18-11-15(22(32)34-3)6-9-17(18)24/h4-9,11H,10,12-13H2,1-3H3,(H,25,30)(H,26,31). The summed E-state index contributed by atoms with van der Waals surface area (Å²) in [6, 6.07) is 11.7. The summed E-state index contributed by atoms with van der Waals surface area (Å²) in [4.78, 5) is 36.4. The minimum absolute atomic E-state index is 0.0363. The molecular weight excluding hydrogens is 494 g/mol. The molecule has 0 aliphatic carbocycles. The van der Waals surface area contributed by atoms with Crippen molar-refractivity contribution >= 4 is 46.8 Å². The van der Waals surface area contributed by atoms with E-state index in [1.165, 1.54) is 37.1 Å². The summed E-state index contributed by atoms with van der Waals surface area (Å²) in [6.45, 7) is 0.196. The van der Waals surface area contributed by atoms with Crippen LogP contribution in [0.25, 0.3) is 0 Å². The highest BCUT2D eigenvalue weighted by Crippen LogP contribution is 2.24. The number of carbonyl (C=O) groups is 3. The zero-order chi connectivity index (χ0) is 25.4. The topological polar surface area (TPSA) is 124 Å². The summed E-state index contributed by atoms with van der Waals surface area (Å²) in [6.07, 6.45) is 0.226. The van der Waals surface area contributed by atoms with Crippen LogP contribution in [0.2, 0.25) is 5.02 Å². The van der Waals surface area contributed by atoms with Crippen LogP contribution in [-0.2, 0) is 34.3 Å². The van der Waals surface area contributed by atoms with Crippen LogP contribution >= 0.6 is 23.4 Å². The molecule has 10 nitrogen and oxygen atoms in total.